The maximum absolute atomic E-state index is 5.66. The van der Waals surface area contributed by atoms with Gasteiger partial charge in [0.05, 0.1) is 0 Å². The van der Waals surface area contributed by atoms with E-state index in [1.54, 1.807) is 0 Å². The Kier molecular flexibility index (Phi) is 4.36. The predicted octanol–water partition coefficient (Wildman–Crippen LogP) is 0.485. The SMILES string of the molecule is CC(C)[C@H](N)/C=C/CN. The zero-order valence-corrected chi connectivity index (χ0v) is 6.17. The van der Waals surface area contributed by atoms with Gasteiger partial charge in [-0.05, 0) is 5.92 Å². The fraction of sp³-hybridized carbons (Fsp3) is 0.714. The maximum atomic E-state index is 5.66. The summed E-state index contributed by atoms with van der Waals surface area (Å²) in [5.41, 5.74) is 10.9. The van der Waals surface area contributed by atoms with E-state index in [-0.39, 0.29) is 6.04 Å². The minimum Gasteiger partial charge on any atom is -0.327 e. The van der Waals surface area contributed by atoms with E-state index in [0.29, 0.717) is 12.5 Å². The Hall–Kier alpha value is -0.340. The summed E-state index contributed by atoms with van der Waals surface area (Å²) in [5, 5.41) is 0. The highest BCUT2D eigenvalue weighted by atomic mass is 14.6. The normalized spacial score (nSPS) is 15.2. The van der Waals surface area contributed by atoms with Crippen LogP contribution in [0.25, 0.3) is 0 Å². The largest absolute Gasteiger partial charge is 0.327 e. The second-order valence-electron chi connectivity index (χ2n) is 2.49. The van der Waals surface area contributed by atoms with Crippen molar-refractivity contribution in [2.45, 2.75) is 19.9 Å². The molecular weight excluding hydrogens is 112 g/mol. The highest BCUT2D eigenvalue weighted by molar-refractivity contribution is 4.93. The average molecular weight is 128 g/mol. The van der Waals surface area contributed by atoms with Crippen molar-refractivity contribution in [3.8, 4) is 0 Å². The van der Waals surface area contributed by atoms with E-state index in [0.717, 1.165) is 0 Å². The van der Waals surface area contributed by atoms with E-state index in [9.17, 15) is 0 Å². The first-order valence-corrected chi connectivity index (χ1v) is 3.30. The molecule has 54 valence electrons. The van der Waals surface area contributed by atoms with Crippen LogP contribution in [0.15, 0.2) is 12.2 Å². The molecule has 0 radical (unpaired) electrons. The van der Waals surface area contributed by atoms with Crippen LogP contribution in [0.4, 0.5) is 0 Å². The summed E-state index contributed by atoms with van der Waals surface area (Å²) in [6.07, 6.45) is 3.84. The number of hydrogen-bond acceptors (Lipinski definition) is 2. The molecule has 0 bridgehead atoms. The van der Waals surface area contributed by atoms with Crippen LogP contribution < -0.4 is 11.5 Å². The Morgan fingerprint density at radius 1 is 1.44 bits per heavy atom. The van der Waals surface area contributed by atoms with Gasteiger partial charge in [0, 0.05) is 12.6 Å². The van der Waals surface area contributed by atoms with Crippen molar-refractivity contribution in [3.05, 3.63) is 12.2 Å². The van der Waals surface area contributed by atoms with E-state index < -0.39 is 0 Å². The summed E-state index contributed by atoms with van der Waals surface area (Å²) < 4.78 is 0. The molecule has 0 saturated carbocycles. The molecule has 9 heavy (non-hydrogen) atoms. The third-order valence-corrected chi connectivity index (χ3v) is 1.26. The van der Waals surface area contributed by atoms with Gasteiger partial charge >= 0.3 is 0 Å². The summed E-state index contributed by atoms with van der Waals surface area (Å²) in [7, 11) is 0. The fourth-order valence-electron chi connectivity index (χ4n) is 0.458. The van der Waals surface area contributed by atoms with Gasteiger partial charge in [0.25, 0.3) is 0 Å². The van der Waals surface area contributed by atoms with Crippen LogP contribution in [0.1, 0.15) is 13.8 Å². The van der Waals surface area contributed by atoms with Gasteiger partial charge in [0.2, 0.25) is 0 Å². The molecule has 0 fully saturated rings. The molecule has 0 aromatic rings. The molecule has 0 aliphatic heterocycles. The summed E-state index contributed by atoms with van der Waals surface area (Å²) in [6.45, 7) is 4.76. The lowest BCUT2D eigenvalue weighted by molar-refractivity contribution is 0.570. The molecule has 0 aliphatic rings. The van der Waals surface area contributed by atoms with Crippen molar-refractivity contribution in [2.24, 2.45) is 17.4 Å². The molecule has 0 aromatic heterocycles. The number of nitrogens with two attached hydrogens (primary N) is 2. The van der Waals surface area contributed by atoms with Crippen LogP contribution >= 0.6 is 0 Å². The quantitative estimate of drug-likeness (QED) is 0.543. The van der Waals surface area contributed by atoms with Crippen molar-refractivity contribution < 1.29 is 0 Å². The minimum atomic E-state index is 0.161. The van der Waals surface area contributed by atoms with Crippen LogP contribution in [0.3, 0.4) is 0 Å². The monoisotopic (exact) mass is 128 g/mol. The summed E-state index contributed by atoms with van der Waals surface area (Å²) >= 11 is 0. The van der Waals surface area contributed by atoms with Gasteiger partial charge in [0.1, 0.15) is 0 Å². The van der Waals surface area contributed by atoms with Gasteiger partial charge in [0.15, 0.2) is 0 Å². The van der Waals surface area contributed by atoms with E-state index in [1.807, 2.05) is 12.2 Å². The molecule has 0 aromatic carbocycles. The standard InChI is InChI=1S/C7H16N2/c1-6(2)7(9)4-3-5-8/h3-4,6-7H,5,8-9H2,1-2H3/b4-3+/t7-/m1/s1. The lowest BCUT2D eigenvalue weighted by Gasteiger charge is -2.08. The number of hydrogen-bond donors (Lipinski definition) is 2. The Balaban J connectivity index is 3.48. The Morgan fingerprint density at radius 2 is 2.00 bits per heavy atom. The molecule has 2 nitrogen and oxygen atoms in total. The summed E-state index contributed by atoms with van der Waals surface area (Å²) in [6, 6.07) is 0.161. The molecule has 0 unspecified atom stereocenters. The topological polar surface area (TPSA) is 52.0 Å². The molecule has 0 rings (SSSR count). The molecule has 0 saturated heterocycles. The van der Waals surface area contributed by atoms with Crippen LogP contribution in [-0.4, -0.2) is 12.6 Å². The average Bonchev–Trinajstić information content (AvgIpc) is 1.82. The number of rotatable bonds is 3. The molecule has 1 atom stereocenters. The Labute approximate surface area is 56.9 Å². The van der Waals surface area contributed by atoms with Crippen LogP contribution in [0, 0.1) is 5.92 Å². The van der Waals surface area contributed by atoms with Crippen molar-refractivity contribution in [1.29, 1.82) is 0 Å². The van der Waals surface area contributed by atoms with Crippen molar-refractivity contribution >= 4 is 0 Å². The zero-order valence-electron chi connectivity index (χ0n) is 6.17. The predicted molar refractivity (Wildman–Crippen MR) is 41.0 cm³/mol. The van der Waals surface area contributed by atoms with Gasteiger partial charge < -0.3 is 11.5 Å². The van der Waals surface area contributed by atoms with Gasteiger partial charge in [-0.15, -0.1) is 0 Å². The molecule has 0 aliphatic carbocycles. The Bertz CT molecular complexity index is 86.9. The summed E-state index contributed by atoms with van der Waals surface area (Å²) in [4.78, 5) is 0. The van der Waals surface area contributed by atoms with E-state index in [4.69, 9.17) is 11.5 Å². The third kappa shape index (κ3) is 4.18. The van der Waals surface area contributed by atoms with E-state index in [1.165, 1.54) is 0 Å². The van der Waals surface area contributed by atoms with Crippen molar-refractivity contribution in [3.63, 3.8) is 0 Å². The minimum absolute atomic E-state index is 0.161. The van der Waals surface area contributed by atoms with E-state index in [2.05, 4.69) is 13.8 Å². The van der Waals surface area contributed by atoms with Crippen LogP contribution in [-0.2, 0) is 0 Å². The lowest BCUT2D eigenvalue weighted by Crippen LogP contribution is -2.23. The van der Waals surface area contributed by atoms with Crippen molar-refractivity contribution in [2.75, 3.05) is 6.54 Å². The first-order chi connectivity index (χ1) is 4.18. The van der Waals surface area contributed by atoms with E-state index >= 15 is 0 Å². The molecule has 4 N–H and O–H groups in total. The van der Waals surface area contributed by atoms with Gasteiger partial charge in [-0.2, -0.15) is 0 Å². The van der Waals surface area contributed by atoms with Crippen LogP contribution in [0.2, 0.25) is 0 Å². The van der Waals surface area contributed by atoms with Crippen molar-refractivity contribution in [1.82, 2.24) is 0 Å². The lowest BCUT2D eigenvalue weighted by atomic mass is 10.1. The zero-order chi connectivity index (χ0) is 7.28. The highest BCUT2D eigenvalue weighted by Gasteiger charge is 2.00. The Morgan fingerprint density at radius 3 is 2.33 bits per heavy atom. The highest BCUT2D eigenvalue weighted by Crippen LogP contribution is 1.98. The second-order valence-corrected chi connectivity index (χ2v) is 2.49. The summed E-state index contributed by atoms with van der Waals surface area (Å²) in [5.74, 6) is 0.507. The van der Waals surface area contributed by atoms with Gasteiger partial charge in [-0.1, -0.05) is 26.0 Å². The first kappa shape index (κ1) is 8.66. The molecule has 0 spiro atoms. The van der Waals surface area contributed by atoms with Gasteiger partial charge in [-0.3, -0.25) is 0 Å². The molecule has 2 heteroatoms. The first-order valence-electron chi connectivity index (χ1n) is 3.30. The smallest absolute Gasteiger partial charge is 0.0247 e. The second kappa shape index (κ2) is 4.53. The molecule has 0 amide bonds. The fourth-order valence-corrected chi connectivity index (χ4v) is 0.458. The molecule has 0 heterocycles. The van der Waals surface area contributed by atoms with Gasteiger partial charge in [-0.25, -0.2) is 0 Å². The van der Waals surface area contributed by atoms with Crippen LogP contribution in [0.5, 0.6) is 0 Å². The third-order valence-electron chi connectivity index (χ3n) is 1.26. The molecular formula is C7H16N2. The maximum Gasteiger partial charge on any atom is 0.0247 e.